The van der Waals surface area contributed by atoms with Gasteiger partial charge in [-0.3, -0.25) is 0 Å². The summed E-state index contributed by atoms with van der Waals surface area (Å²) in [7, 11) is 0. The van der Waals surface area contributed by atoms with Crippen molar-refractivity contribution in [2.24, 2.45) is 5.92 Å². The van der Waals surface area contributed by atoms with Crippen LogP contribution in [0.3, 0.4) is 0 Å². The monoisotopic (exact) mass is 238 g/mol. The normalized spacial score (nSPS) is 24.2. The van der Waals surface area contributed by atoms with Gasteiger partial charge >= 0.3 is 0 Å². The first-order valence-electron chi connectivity index (χ1n) is 5.64. The van der Waals surface area contributed by atoms with E-state index in [9.17, 15) is 0 Å². The van der Waals surface area contributed by atoms with Crippen LogP contribution in [0.5, 0.6) is 0 Å². The van der Waals surface area contributed by atoms with Gasteiger partial charge in [-0.2, -0.15) is 0 Å². The van der Waals surface area contributed by atoms with Crippen molar-refractivity contribution in [1.82, 2.24) is 10.3 Å². The van der Waals surface area contributed by atoms with E-state index in [0.29, 0.717) is 12.0 Å². The Morgan fingerprint density at radius 2 is 2.31 bits per heavy atom. The summed E-state index contributed by atoms with van der Waals surface area (Å²) >= 11 is 1.76. The highest BCUT2D eigenvalue weighted by Crippen LogP contribution is 2.20. The number of rotatable bonds is 4. The van der Waals surface area contributed by atoms with Gasteiger partial charge in [-0.05, 0) is 20.3 Å². The Hall–Kier alpha value is -0.710. The molecule has 0 unspecified atom stereocenters. The van der Waals surface area contributed by atoms with Crippen LogP contribution in [-0.4, -0.2) is 22.7 Å². The molecule has 4 heteroatoms. The zero-order valence-electron chi connectivity index (χ0n) is 9.73. The van der Waals surface area contributed by atoms with E-state index in [1.807, 2.05) is 6.92 Å². The Labute approximate surface area is 100 Å². The number of aliphatic hydroxyl groups excluding tert-OH is 1. The summed E-state index contributed by atoms with van der Waals surface area (Å²) in [5.41, 5.74) is 1.13. The highest BCUT2D eigenvalue weighted by Gasteiger charge is 2.17. The molecule has 3 nitrogen and oxygen atoms in total. The van der Waals surface area contributed by atoms with Gasteiger partial charge in [-0.1, -0.05) is 12.2 Å². The molecule has 1 aliphatic carbocycles. The predicted molar refractivity (Wildman–Crippen MR) is 66.5 cm³/mol. The fourth-order valence-corrected chi connectivity index (χ4v) is 2.91. The number of thiazole rings is 1. The van der Waals surface area contributed by atoms with E-state index in [0.717, 1.165) is 23.7 Å². The summed E-state index contributed by atoms with van der Waals surface area (Å²) in [5, 5.41) is 13.6. The maximum absolute atomic E-state index is 9.03. The molecule has 1 aliphatic rings. The first-order valence-corrected chi connectivity index (χ1v) is 6.46. The molecule has 0 aliphatic heterocycles. The molecule has 0 amide bonds. The van der Waals surface area contributed by atoms with Crippen LogP contribution >= 0.6 is 11.3 Å². The number of hydrogen-bond acceptors (Lipinski definition) is 4. The van der Waals surface area contributed by atoms with Crippen LogP contribution < -0.4 is 5.32 Å². The lowest BCUT2D eigenvalue weighted by Crippen LogP contribution is -2.25. The van der Waals surface area contributed by atoms with E-state index in [4.69, 9.17) is 5.11 Å². The molecular formula is C12H18N2OS. The number of nitrogens with one attached hydrogen (secondary N) is 1. The molecule has 16 heavy (non-hydrogen) atoms. The van der Waals surface area contributed by atoms with Gasteiger partial charge in [0.1, 0.15) is 0 Å². The summed E-state index contributed by atoms with van der Waals surface area (Å²) in [6.07, 6.45) is 5.26. The first-order chi connectivity index (χ1) is 7.69. The van der Waals surface area contributed by atoms with Crippen molar-refractivity contribution in [1.29, 1.82) is 0 Å². The summed E-state index contributed by atoms with van der Waals surface area (Å²) in [6, 6.07) is 0.402. The molecule has 2 rings (SSSR count). The van der Waals surface area contributed by atoms with Crippen LogP contribution in [0.4, 0.5) is 0 Å². The summed E-state index contributed by atoms with van der Waals surface area (Å²) < 4.78 is 0. The van der Waals surface area contributed by atoms with E-state index in [1.54, 1.807) is 11.3 Å². The fourth-order valence-electron chi connectivity index (χ4n) is 2.02. The molecule has 0 spiro atoms. The van der Waals surface area contributed by atoms with Gasteiger partial charge in [0.15, 0.2) is 0 Å². The van der Waals surface area contributed by atoms with E-state index in [-0.39, 0.29) is 6.61 Å². The average molecular weight is 238 g/mol. The average Bonchev–Trinajstić information content (AvgIpc) is 2.82. The number of aliphatic hydroxyl groups is 1. The summed E-state index contributed by atoms with van der Waals surface area (Å²) in [4.78, 5) is 5.73. The van der Waals surface area contributed by atoms with Crippen LogP contribution in [0.1, 0.15) is 22.0 Å². The molecule has 2 atom stereocenters. The number of hydrogen-bond donors (Lipinski definition) is 2. The minimum atomic E-state index is 0.257. The fraction of sp³-hybridized carbons (Fsp3) is 0.583. The first kappa shape index (κ1) is 11.8. The maximum Gasteiger partial charge on any atom is 0.0900 e. The molecule has 1 aromatic heterocycles. The highest BCUT2D eigenvalue weighted by molar-refractivity contribution is 7.11. The summed E-state index contributed by atoms with van der Waals surface area (Å²) in [5.74, 6) is 0.335. The third-order valence-electron chi connectivity index (χ3n) is 2.93. The lowest BCUT2D eigenvalue weighted by atomic mass is 10.1. The Balaban J connectivity index is 1.85. The van der Waals surface area contributed by atoms with Crippen LogP contribution in [0.2, 0.25) is 0 Å². The molecule has 0 fully saturated rings. The minimum Gasteiger partial charge on any atom is -0.396 e. The number of aryl methyl sites for hydroxylation is 2. The van der Waals surface area contributed by atoms with E-state index < -0.39 is 0 Å². The van der Waals surface area contributed by atoms with Gasteiger partial charge in [-0.15, -0.1) is 11.3 Å². The van der Waals surface area contributed by atoms with Crippen LogP contribution in [0, 0.1) is 19.8 Å². The van der Waals surface area contributed by atoms with Gasteiger partial charge in [0.25, 0.3) is 0 Å². The Morgan fingerprint density at radius 3 is 2.88 bits per heavy atom. The van der Waals surface area contributed by atoms with Crippen molar-refractivity contribution in [3.63, 3.8) is 0 Å². The number of aromatic nitrogens is 1. The molecule has 0 aromatic carbocycles. The van der Waals surface area contributed by atoms with Crippen molar-refractivity contribution in [3.05, 3.63) is 27.7 Å². The minimum absolute atomic E-state index is 0.257. The van der Waals surface area contributed by atoms with Gasteiger partial charge in [0.2, 0.25) is 0 Å². The lowest BCUT2D eigenvalue weighted by Gasteiger charge is -2.11. The van der Waals surface area contributed by atoms with Crippen LogP contribution in [0.25, 0.3) is 0 Å². The van der Waals surface area contributed by atoms with Crippen molar-refractivity contribution < 1.29 is 5.11 Å². The second kappa shape index (κ2) is 5.08. The molecule has 0 bridgehead atoms. The van der Waals surface area contributed by atoms with Gasteiger partial charge in [-0.25, -0.2) is 4.98 Å². The predicted octanol–water partition coefficient (Wildman–Crippen LogP) is 1.79. The van der Waals surface area contributed by atoms with E-state index >= 15 is 0 Å². The molecule has 88 valence electrons. The smallest absolute Gasteiger partial charge is 0.0900 e. The summed E-state index contributed by atoms with van der Waals surface area (Å²) in [6.45, 7) is 5.23. The molecule has 0 radical (unpaired) electrons. The Morgan fingerprint density at radius 1 is 1.50 bits per heavy atom. The highest BCUT2D eigenvalue weighted by atomic mass is 32.1. The lowest BCUT2D eigenvalue weighted by molar-refractivity contribution is 0.246. The topological polar surface area (TPSA) is 45.2 Å². The third kappa shape index (κ3) is 2.70. The van der Waals surface area contributed by atoms with Crippen LogP contribution in [0.15, 0.2) is 12.2 Å². The SMILES string of the molecule is Cc1nc(C)c(CN[C@@H]2C=C[C@H](CO)C2)s1. The molecular weight excluding hydrogens is 220 g/mol. The van der Waals surface area contributed by atoms with E-state index in [2.05, 4.69) is 29.4 Å². The second-order valence-electron chi connectivity index (χ2n) is 4.29. The standard InChI is InChI=1S/C12H18N2OS/c1-8-12(16-9(2)14-8)6-13-11-4-3-10(5-11)7-15/h3-4,10-11,13,15H,5-7H2,1-2H3/t10-,11+/m0/s1. The van der Waals surface area contributed by atoms with E-state index in [1.165, 1.54) is 4.88 Å². The Kier molecular flexibility index (Phi) is 3.74. The quantitative estimate of drug-likeness (QED) is 0.786. The van der Waals surface area contributed by atoms with Crippen molar-refractivity contribution in [3.8, 4) is 0 Å². The largest absolute Gasteiger partial charge is 0.396 e. The van der Waals surface area contributed by atoms with Gasteiger partial charge in [0.05, 0.1) is 10.7 Å². The van der Waals surface area contributed by atoms with Gasteiger partial charge in [0, 0.05) is 30.0 Å². The molecule has 0 saturated carbocycles. The molecule has 2 N–H and O–H groups in total. The van der Waals surface area contributed by atoms with Crippen molar-refractivity contribution in [2.75, 3.05) is 6.61 Å². The Bertz CT molecular complexity index is 386. The number of nitrogens with zero attached hydrogens (tertiary/aromatic N) is 1. The third-order valence-corrected chi connectivity index (χ3v) is 4.00. The molecule has 0 saturated heterocycles. The molecule has 1 heterocycles. The maximum atomic E-state index is 9.03. The zero-order valence-corrected chi connectivity index (χ0v) is 10.5. The molecule has 1 aromatic rings. The van der Waals surface area contributed by atoms with Crippen molar-refractivity contribution in [2.45, 2.75) is 32.9 Å². The zero-order chi connectivity index (χ0) is 11.5. The second-order valence-corrected chi connectivity index (χ2v) is 5.58. The van der Waals surface area contributed by atoms with Gasteiger partial charge < -0.3 is 10.4 Å². The van der Waals surface area contributed by atoms with Crippen molar-refractivity contribution >= 4 is 11.3 Å². The van der Waals surface area contributed by atoms with Crippen LogP contribution in [-0.2, 0) is 6.54 Å².